The molecule has 6 heteroatoms. The van der Waals surface area contributed by atoms with Crippen molar-refractivity contribution >= 4 is 33.8 Å². The lowest BCUT2D eigenvalue weighted by molar-refractivity contribution is 0.595. The van der Waals surface area contributed by atoms with Gasteiger partial charge in [0.2, 0.25) is 0 Å². The van der Waals surface area contributed by atoms with Gasteiger partial charge in [-0.25, -0.2) is 4.98 Å². The Hall–Kier alpha value is -1.59. The minimum atomic E-state index is -1.35. The predicted molar refractivity (Wildman–Crippen MR) is 89.7 cm³/mol. The number of benzene rings is 1. The molecule has 0 fully saturated rings. The van der Waals surface area contributed by atoms with Crippen LogP contribution in [0.4, 0.5) is 0 Å². The highest BCUT2D eigenvalue weighted by atomic mass is 35.5. The first-order valence-electron chi connectivity index (χ1n) is 6.44. The molecule has 21 heavy (non-hydrogen) atoms. The van der Waals surface area contributed by atoms with Gasteiger partial charge in [0, 0.05) is 23.1 Å². The van der Waals surface area contributed by atoms with E-state index in [0.29, 0.717) is 10.7 Å². The van der Waals surface area contributed by atoms with Gasteiger partial charge in [0.25, 0.3) is 0 Å². The molecule has 1 heterocycles. The van der Waals surface area contributed by atoms with Crippen LogP contribution in [0.25, 0.3) is 5.69 Å². The molecule has 1 aromatic heterocycles. The molecule has 2 aromatic rings. The Morgan fingerprint density at radius 1 is 1.29 bits per heavy atom. The third kappa shape index (κ3) is 5.02. The monoisotopic (exact) mass is 322 g/mol. The molecule has 112 valence electrons. The predicted octanol–water partition coefficient (Wildman–Crippen LogP) is 3.67. The molecule has 0 saturated carbocycles. The minimum absolute atomic E-state index is 0.134. The zero-order valence-electron chi connectivity index (χ0n) is 12.2. The number of imidazole rings is 1. The van der Waals surface area contributed by atoms with Gasteiger partial charge in [-0.1, -0.05) is 32.4 Å². The van der Waals surface area contributed by atoms with E-state index in [0.717, 1.165) is 5.69 Å². The van der Waals surface area contributed by atoms with Crippen LogP contribution in [0.2, 0.25) is 5.02 Å². The molecule has 4 nitrogen and oxygen atoms in total. The van der Waals surface area contributed by atoms with Crippen molar-refractivity contribution in [3.05, 3.63) is 47.5 Å². The van der Waals surface area contributed by atoms with E-state index in [1.54, 1.807) is 11.7 Å². The van der Waals surface area contributed by atoms with Crippen LogP contribution in [0.15, 0.2) is 41.2 Å². The van der Waals surface area contributed by atoms with E-state index in [9.17, 15) is 4.21 Å². The summed E-state index contributed by atoms with van der Waals surface area (Å²) in [7, 11) is -1.35. The maximum atomic E-state index is 11.8. The number of halogens is 1. The lowest BCUT2D eigenvalue weighted by Gasteiger charge is -2.15. The van der Waals surface area contributed by atoms with E-state index in [4.69, 9.17) is 11.6 Å². The second-order valence-corrected chi connectivity index (χ2v) is 7.11. The van der Waals surface area contributed by atoms with Crippen LogP contribution in [0.5, 0.6) is 0 Å². The number of hydrogen-bond donors (Lipinski definition) is 0. The highest BCUT2D eigenvalue weighted by Gasteiger charge is 2.00. The third-order valence-corrected chi connectivity index (χ3v) is 3.94. The second-order valence-electron chi connectivity index (χ2n) is 5.68. The maximum absolute atomic E-state index is 11.8. The average Bonchev–Trinajstić information content (AvgIpc) is 2.84. The fraction of sp³-hybridized carbons (Fsp3) is 0.267. The molecule has 0 aliphatic carbocycles. The minimum Gasteiger partial charge on any atom is -0.440 e. The van der Waals surface area contributed by atoms with Gasteiger partial charge >= 0.3 is 0 Å². The van der Waals surface area contributed by atoms with Crippen LogP contribution in [0, 0.1) is 5.41 Å². The van der Waals surface area contributed by atoms with Crippen LogP contribution >= 0.6 is 11.6 Å². The van der Waals surface area contributed by atoms with Gasteiger partial charge < -0.3 is 13.2 Å². The van der Waals surface area contributed by atoms with E-state index in [1.165, 1.54) is 6.21 Å². The van der Waals surface area contributed by atoms with E-state index in [-0.39, 0.29) is 5.41 Å². The summed E-state index contributed by atoms with van der Waals surface area (Å²) in [6.07, 6.45) is 5.02. The Labute approximate surface area is 131 Å². The Morgan fingerprint density at radius 3 is 2.57 bits per heavy atom. The molecule has 0 spiro atoms. The molecule has 0 unspecified atom stereocenters. The standard InChI is InChI=1S/C15H17ClN3OS/c1-15(2,3)10-21(20)18-8-13-9-19(11-17-13)14-6-4-12(16)5-7-14/h4-11H,1-3H3/q-1/b18-8+. The number of aromatic nitrogens is 2. The lowest BCUT2D eigenvalue weighted by atomic mass is 10.0. The molecule has 1 aromatic carbocycles. The summed E-state index contributed by atoms with van der Waals surface area (Å²) in [4.78, 5) is 4.22. The van der Waals surface area contributed by atoms with E-state index >= 15 is 0 Å². The summed E-state index contributed by atoms with van der Waals surface area (Å²) in [6, 6.07) is 7.43. The Balaban J connectivity index is 2.16. The fourth-order valence-corrected chi connectivity index (χ4v) is 2.60. The lowest BCUT2D eigenvalue weighted by Crippen LogP contribution is -2.07. The Morgan fingerprint density at radius 2 is 1.95 bits per heavy atom. The number of nitrogens with zero attached hydrogens (tertiary/aromatic N) is 3. The van der Waals surface area contributed by atoms with Crippen molar-refractivity contribution in [2.45, 2.75) is 20.8 Å². The van der Waals surface area contributed by atoms with Crippen LogP contribution < -0.4 is 0 Å². The summed E-state index contributed by atoms with van der Waals surface area (Å²) in [5.41, 5.74) is 1.47. The van der Waals surface area contributed by atoms with Crippen molar-refractivity contribution in [1.29, 1.82) is 0 Å². The quantitative estimate of drug-likeness (QED) is 0.492. The van der Waals surface area contributed by atoms with Gasteiger partial charge in [-0.05, 0) is 29.7 Å². The topological polar surface area (TPSA) is 47.2 Å². The summed E-state index contributed by atoms with van der Waals surface area (Å²) in [6.45, 7) is 5.95. The highest BCUT2D eigenvalue weighted by molar-refractivity contribution is 7.82. The second kappa shape index (κ2) is 6.45. The van der Waals surface area contributed by atoms with Crippen molar-refractivity contribution in [2.24, 2.45) is 9.81 Å². The Kier molecular flexibility index (Phi) is 4.85. The molecule has 0 atom stereocenters. The number of rotatable bonds is 3. The van der Waals surface area contributed by atoms with Gasteiger partial charge in [0.15, 0.2) is 0 Å². The smallest absolute Gasteiger partial charge is 0.0999 e. The van der Waals surface area contributed by atoms with Crippen LogP contribution in [0.3, 0.4) is 0 Å². The van der Waals surface area contributed by atoms with Gasteiger partial charge in [-0.2, -0.15) is 15.9 Å². The van der Waals surface area contributed by atoms with E-state index in [1.807, 2.05) is 55.8 Å². The third-order valence-electron chi connectivity index (χ3n) is 2.47. The summed E-state index contributed by atoms with van der Waals surface area (Å²) in [5.74, 6) is 0. The first-order chi connectivity index (χ1) is 9.83. The van der Waals surface area contributed by atoms with Gasteiger partial charge in [0.1, 0.15) is 0 Å². The molecule has 0 N–H and O–H groups in total. The first-order valence-corrected chi connectivity index (χ1v) is 7.99. The molecular formula is C15H17ClN3OS-. The van der Waals surface area contributed by atoms with Crippen LogP contribution in [-0.2, 0) is 14.8 Å². The molecule has 2 rings (SSSR count). The Bertz CT molecular complexity index is 720. The zero-order valence-corrected chi connectivity index (χ0v) is 13.7. The normalized spacial score (nSPS) is 13.9. The zero-order chi connectivity index (χ0) is 15.5. The molecular weight excluding hydrogens is 306 g/mol. The van der Waals surface area contributed by atoms with Crippen molar-refractivity contribution in [1.82, 2.24) is 9.55 Å². The largest absolute Gasteiger partial charge is 0.440 e. The average molecular weight is 323 g/mol. The van der Waals surface area contributed by atoms with Crippen molar-refractivity contribution < 1.29 is 4.21 Å². The molecule has 0 amide bonds. The van der Waals surface area contributed by atoms with Gasteiger partial charge in [-0.15, -0.1) is 0 Å². The molecule has 0 aliphatic rings. The summed E-state index contributed by atoms with van der Waals surface area (Å²) in [5, 5.41) is 2.38. The van der Waals surface area contributed by atoms with Crippen LogP contribution in [-0.4, -0.2) is 21.1 Å². The number of hydrogen-bond acceptors (Lipinski definition) is 3. The maximum Gasteiger partial charge on any atom is 0.0999 e. The van der Waals surface area contributed by atoms with Crippen molar-refractivity contribution in [3.63, 3.8) is 0 Å². The van der Waals surface area contributed by atoms with Crippen molar-refractivity contribution in [3.8, 4) is 5.69 Å². The fourth-order valence-electron chi connectivity index (χ4n) is 1.60. The SMILES string of the molecule is CC(C)(C)/C=[S-](=O)/N=C/c1cn(-c2ccc(Cl)cc2)cn1. The van der Waals surface area contributed by atoms with Gasteiger partial charge in [0.05, 0.1) is 12.0 Å². The summed E-state index contributed by atoms with van der Waals surface area (Å²) >= 11 is 5.86. The van der Waals surface area contributed by atoms with Gasteiger partial charge in [-0.3, -0.25) is 0 Å². The molecule has 0 saturated heterocycles. The first kappa shape index (κ1) is 15.8. The molecule has 0 aliphatic heterocycles. The highest BCUT2D eigenvalue weighted by Crippen LogP contribution is 2.13. The van der Waals surface area contributed by atoms with Crippen molar-refractivity contribution in [2.75, 3.05) is 0 Å². The molecule has 0 radical (unpaired) electrons. The summed E-state index contributed by atoms with van der Waals surface area (Å²) < 4.78 is 17.6. The van der Waals surface area contributed by atoms with E-state index < -0.39 is 10.6 Å². The van der Waals surface area contributed by atoms with Crippen LogP contribution in [0.1, 0.15) is 26.5 Å². The molecule has 0 bridgehead atoms. The van der Waals surface area contributed by atoms with E-state index in [2.05, 4.69) is 9.38 Å².